The normalized spacial score (nSPS) is 19.0. The topological polar surface area (TPSA) is 154 Å². The van der Waals surface area contributed by atoms with E-state index in [0.29, 0.717) is 57.1 Å². The number of rotatable bonds is 8. The van der Waals surface area contributed by atoms with E-state index in [0.717, 1.165) is 28.3 Å². The first-order valence-electron chi connectivity index (χ1n) is 17.3. The summed E-state index contributed by atoms with van der Waals surface area (Å²) in [4.78, 5) is 45.1. The molecule has 0 saturated carbocycles. The highest BCUT2D eigenvalue weighted by Gasteiger charge is 2.48. The molecule has 2 aliphatic heterocycles. The Bertz CT molecular complexity index is 1930. The van der Waals surface area contributed by atoms with Gasteiger partial charge in [0.05, 0.1) is 42.2 Å². The van der Waals surface area contributed by atoms with Gasteiger partial charge in [-0.2, -0.15) is 0 Å². The van der Waals surface area contributed by atoms with E-state index in [1.54, 1.807) is 12.1 Å². The Balaban J connectivity index is 1.33. The molecule has 1 unspecified atom stereocenters. The summed E-state index contributed by atoms with van der Waals surface area (Å²) in [6.45, 7) is 15.4. The number of aryl methyl sites for hydroxylation is 1. The van der Waals surface area contributed by atoms with Gasteiger partial charge < -0.3 is 29.5 Å². The lowest BCUT2D eigenvalue weighted by atomic mass is 9.79. The van der Waals surface area contributed by atoms with E-state index < -0.39 is 16.1 Å². The maximum Gasteiger partial charge on any atom is 0.407 e. The van der Waals surface area contributed by atoms with Gasteiger partial charge >= 0.3 is 6.09 Å². The number of para-hydroxylation sites is 1. The quantitative estimate of drug-likeness (QED) is 0.288. The van der Waals surface area contributed by atoms with E-state index in [1.165, 1.54) is 12.0 Å². The largest absolute Gasteiger partial charge is 0.492 e. The van der Waals surface area contributed by atoms with Gasteiger partial charge in [-0.25, -0.2) is 13.2 Å². The van der Waals surface area contributed by atoms with Crippen LogP contribution in [0.5, 0.6) is 5.75 Å². The number of sulfonamides is 1. The number of methoxy groups -OCH3 is 1. The van der Waals surface area contributed by atoms with Crippen molar-refractivity contribution in [3.63, 3.8) is 0 Å². The number of anilines is 2. The van der Waals surface area contributed by atoms with Crippen LogP contribution in [0.2, 0.25) is 0 Å². The van der Waals surface area contributed by atoms with Crippen LogP contribution >= 0.6 is 0 Å². The number of nitrogens with one attached hydrogen (secondary N) is 2. The predicted molar refractivity (Wildman–Crippen MR) is 199 cm³/mol. The summed E-state index contributed by atoms with van der Waals surface area (Å²) in [5, 5.41) is 13.7. The Kier molecular flexibility index (Phi) is 10.4. The third-order valence-electron chi connectivity index (χ3n) is 10.0. The smallest absolute Gasteiger partial charge is 0.407 e. The number of hydrogen-bond acceptors (Lipinski definition) is 7. The number of piperazine rings is 1. The number of aromatic nitrogens is 1. The summed E-state index contributed by atoms with van der Waals surface area (Å²) >= 11 is 0. The molecule has 3 N–H and O–H groups in total. The molecule has 0 bridgehead atoms. The molecule has 0 radical (unpaired) electrons. The Morgan fingerprint density at radius 1 is 0.961 bits per heavy atom. The Morgan fingerprint density at radius 2 is 1.61 bits per heavy atom. The van der Waals surface area contributed by atoms with Crippen molar-refractivity contribution in [1.29, 1.82) is 0 Å². The standard InChI is InChI=1S/C37H52N6O7S/c1-36(2,3)25-20-27(31(50-8)28(21-25)39-51(9,48)49)38-33(44)29-19-23-11-10-12-24(30(23)40(29)7)22-41-15-17-42(18-16-41)34(45)26-13-14-43(35(46)47)32(26)37(4,5)6/h10-12,19-21,26,32,39H,13-18,22H2,1-9H3,(H,38,44)(H,46,47)/t26?,32-/m0/s1. The van der Waals surface area contributed by atoms with Gasteiger partial charge in [0.2, 0.25) is 15.9 Å². The zero-order valence-corrected chi connectivity index (χ0v) is 32.0. The van der Waals surface area contributed by atoms with Gasteiger partial charge in [0.1, 0.15) is 5.69 Å². The number of carbonyl (C=O) groups excluding carboxylic acids is 2. The first kappa shape index (κ1) is 37.9. The summed E-state index contributed by atoms with van der Waals surface area (Å²) in [6.07, 6.45) is 0.623. The number of benzene rings is 2. The molecule has 1 aromatic heterocycles. The summed E-state index contributed by atoms with van der Waals surface area (Å²) in [6, 6.07) is 11.0. The van der Waals surface area contributed by atoms with Crippen LogP contribution in [0.1, 0.15) is 69.6 Å². The Morgan fingerprint density at radius 3 is 2.18 bits per heavy atom. The minimum absolute atomic E-state index is 0.0300. The molecule has 13 nitrogen and oxygen atoms in total. The SMILES string of the molecule is COc1c(NC(=O)c2cc3cccc(CN4CCN(C(=O)C5CCN(C(=O)O)[C@@H]5C(C)(C)C)CC4)c3n2C)cc(C(C)(C)C)cc1NS(C)(=O)=O. The van der Waals surface area contributed by atoms with Crippen LogP contribution in [0.4, 0.5) is 16.2 Å². The van der Waals surface area contributed by atoms with Gasteiger partial charge in [0.15, 0.2) is 5.75 Å². The molecule has 14 heteroatoms. The summed E-state index contributed by atoms with van der Waals surface area (Å²) in [5.41, 5.74) is 3.08. The number of carbonyl (C=O) groups is 3. The highest BCUT2D eigenvalue weighted by molar-refractivity contribution is 7.92. The zero-order valence-electron chi connectivity index (χ0n) is 31.2. The minimum Gasteiger partial charge on any atom is -0.492 e. The molecule has 3 amide bonds. The molecule has 2 fully saturated rings. The van der Waals surface area contributed by atoms with Crippen LogP contribution in [0.15, 0.2) is 36.4 Å². The van der Waals surface area contributed by atoms with Gasteiger partial charge in [-0.15, -0.1) is 0 Å². The van der Waals surface area contributed by atoms with Gasteiger partial charge in [0.25, 0.3) is 5.91 Å². The van der Waals surface area contributed by atoms with Gasteiger partial charge in [-0.3, -0.25) is 19.2 Å². The predicted octanol–water partition coefficient (Wildman–Crippen LogP) is 5.17. The first-order chi connectivity index (χ1) is 23.7. The van der Waals surface area contributed by atoms with Gasteiger partial charge in [-0.05, 0) is 46.6 Å². The molecule has 2 saturated heterocycles. The number of amides is 3. The number of carboxylic acid groups (broad SMARTS) is 1. The fraction of sp³-hybridized carbons (Fsp3) is 0.541. The van der Waals surface area contributed by atoms with Crippen molar-refractivity contribution in [3.8, 4) is 5.75 Å². The van der Waals surface area contributed by atoms with Crippen LogP contribution < -0.4 is 14.8 Å². The van der Waals surface area contributed by atoms with Crippen molar-refractivity contribution in [2.24, 2.45) is 18.4 Å². The van der Waals surface area contributed by atoms with Crippen molar-refractivity contribution in [1.82, 2.24) is 19.3 Å². The molecule has 2 aliphatic rings. The summed E-state index contributed by atoms with van der Waals surface area (Å²) in [7, 11) is -0.345. The van der Waals surface area contributed by atoms with E-state index in [4.69, 9.17) is 4.74 Å². The fourth-order valence-electron chi connectivity index (χ4n) is 7.62. The van der Waals surface area contributed by atoms with Crippen molar-refractivity contribution >= 4 is 50.2 Å². The molecular weight excluding hydrogens is 673 g/mol. The molecule has 3 heterocycles. The maximum atomic E-state index is 13.9. The van der Waals surface area contributed by atoms with Crippen LogP contribution in [0, 0.1) is 11.3 Å². The average Bonchev–Trinajstić information content (AvgIpc) is 3.63. The maximum absolute atomic E-state index is 13.9. The number of fused-ring (bicyclic) bond motifs is 1. The highest BCUT2D eigenvalue weighted by Crippen LogP contribution is 2.40. The first-order valence-corrected chi connectivity index (χ1v) is 19.2. The van der Waals surface area contributed by atoms with E-state index in [-0.39, 0.29) is 46.0 Å². The molecule has 5 rings (SSSR count). The van der Waals surface area contributed by atoms with Crippen molar-refractivity contribution < 1.29 is 32.6 Å². The van der Waals surface area contributed by atoms with Crippen molar-refractivity contribution in [2.75, 3.05) is 56.1 Å². The van der Waals surface area contributed by atoms with Crippen LogP contribution in [0.25, 0.3) is 10.9 Å². The second-order valence-corrected chi connectivity index (χ2v) is 17.7. The third kappa shape index (κ3) is 8.12. The molecule has 278 valence electrons. The van der Waals surface area contributed by atoms with Crippen molar-refractivity contribution in [2.45, 2.75) is 66.0 Å². The minimum atomic E-state index is -3.63. The van der Waals surface area contributed by atoms with E-state index in [2.05, 4.69) is 14.9 Å². The van der Waals surface area contributed by atoms with Crippen molar-refractivity contribution in [3.05, 3.63) is 53.2 Å². The molecular formula is C37H52N6O7S. The fourth-order valence-corrected chi connectivity index (χ4v) is 8.17. The second kappa shape index (κ2) is 14.0. The Hall–Kier alpha value is -4.30. The van der Waals surface area contributed by atoms with E-state index >= 15 is 0 Å². The molecule has 0 spiro atoms. The lowest BCUT2D eigenvalue weighted by Gasteiger charge is -2.40. The molecule has 51 heavy (non-hydrogen) atoms. The van der Waals surface area contributed by atoms with Crippen LogP contribution in [-0.2, 0) is 33.8 Å². The second-order valence-electron chi connectivity index (χ2n) is 15.9. The third-order valence-corrected chi connectivity index (χ3v) is 10.6. The van der Waals surface area contributed by atoms with E-state index in [9.17, 15) is 27.9 Å². The lowest BCUT2D eigenvalue weighted by Crippen LogP contribution is -2.54. The Labute approximate surface area is 301 Å². The highest BCUT2D eigenvalue weighted by atomic mass is 32.2. The zero-order chi connectivity index (χ0) is 37.6. The number of nitrogens with zero attached hydrogens (tertiary/aromatic N) is 4. The molecule has 0 aliphatic carbocycles. The number of hydrogen-bond donors (Lipinski definition) is 3. The molecule has 3 aromatic rings. The number of likely N-dealkylation sites (tertiary alicyclic amines) is 1. The summed E-state index contributed by atoms with van der Waals surface area (Å²) < 4.78 is 34.4. The average molecular weight is 725 g/mol. The van der Waals surface area contributed by atoms with Gasteiger partial charge in [0, 0.05) is 51.7 Å². The van der Waals surface area contributed by atoms with Crippen LogP contribution in [-0.4, -0.2) is 103 Å². The molecule has 2 aromatic carbocycles. The molecule has 2 atom stereocenters. The van der Waals surface area contributed by atoms with Crippen LogP contribution in [0.3, 0.4) is 0 Å². The number of ether oxygens (including phenoxy) is 1. The monoisotopic (exact) mass is 724 g/mol. The van der Waals surface area contributed by atoms with E-state index in [1.807, 2.05) is 82.3 Å². The lowest BCUT2D eigenvalue weighted by molar-refractivity contribution is -0.139. The van der Waals surface area contributed by atoms with Gasteiger partial charge in [-0.1, -0.05) is 59.7 Å². The summed E-state index contributed by atoms with van der Waals surface area (Å²) in [5.74, 6) is -0.488.